The van der Waals surface area contributed by atoms with E-state index in [2.05, 4.69) is 55.5 Å². The van der Waals surface area contributed by atoms with Gasteiger partial charge in [-0.05, 0) is 51.2 Å². The molecule has 0 bridgehead atoms. The van der Waals surface area contributed by atoms with Gasteiger partial charge in [-0.15, -0.1) is 0 Å². The summed E-state index contributed by atoms with van der Waals surface area (Å²) >= 11 is 0. The molecule has 0 atom stereocenters. The van der Waals surface area contributed by atoms with E-state index in [1.165, 1.54) is 17.3 Å². The summed E-state index contributed by atoms with van der Waals surface area (Å²) in [7, 11) is 0. The van der Waals surface area contributed by atoms with Gasteiger partial charge in [0.25, 0.3) is 5.91 Å². The van der Waals surface area contributed by atoms with Crippen LogP contribution in [0.4, 0.5) is 0 Å². The Hall–Kier alpha value is -2.36. The van der Waals surface area contributed by atoms with Gasteiger partial charge in [-0.3, -0.25) is 4.79 Å². The maximum Gasteiger partial charge on any atom is 0.256 e. The van der Waals surface area contributed by atoms with Crippen LogP contribution in [0.5, 0.6) is 0 Å². The lowest BCUT2D eigenvalue weighted by molar-refractivity contribution is 0.0951. The maximum atomic E-state index is 11.4. The van der Waals surface area contributed by atoms with Gasteiger partial charge in [-0.2, -0.15) is 0 Å². The van der Waals surface area contributed by atoms with Crippen LogP contribution in [-0.4, -0.2) is 17.6 Å². The summed E-state index contributed by atoms with van der Waals surface area (Å²) in [4.78, 5) is 11.4. The number of aryl methyl sites for hydroxylation is 1. The Morgan fingerprint density at radius 1 is 1.12 bits per heavy atom. The summed E-state index contributed by atoms with van der Waals surface area (Å²) < 4.78 is 4.78. The minimum Gasteiger partial charge on any atom is -0.361 e. The molecule has 0 aliphatic heterocycles. The smallest absolute Gasteiger partial charge is 0.256 e. The number of amides is 1. The van der Waals surface area contributed by atoms with Crippen LogP contribution in [0.3, 0.4) is 0 Å². The number of unbranched alkanes of at least 4 members (excludes halogenated alkanes) is 1. The van der Waals surface area contributed by atoms with E-state index in [0.717, 1.165) is 25.7 Å². The van der Waals surface area contributed by atoms with Gasteiger partial charge in [0.05, 0.1) is 6.20 Å². The van der Waals surface area contributed by atoms with Gasteiger partial charge in [0.1, 0.15) is 11.3 Å². The summed E-state index contributed by atoms with van der Waals surface area (Å²) in [6.45, 7) is 9.00. The number of fused-ring (bicyclic) bond motifs is 1. The third kappa shape index (κ3) is 5.31. The molecule has 0 fully saturated rings. The minimum absolute atomic E-state index is 0.104. The molecule has 1 aromatic carbocycles. The van der Waals surface area contributed by atoms with Crippen LogP contribution in [0.1, 0.15) is 60.9 Å². The van der Waals surface area contributed by atoms with Crippen LogP contribution in [0.15, 0.2) is 46.1 Å². The van der Waals surface area contributed by atoms with Crippen LogP contribution in [0.2, 0.25) is 0 Å². The molecule has 0 saturated heterocycles. The third-order valence-electron chi connectivity index (χ3n) is 4.57. The fourth-order valence-electron chi connectivity index (χ4n) is 2.77. The van der Waals surface area contributed by atoms with Crippen molar-refractivity contribution in [2.75, 3.05) is 6.54 Å². The quantitative estimate of drug-likeness (QED) is 0.652. The van der Waals surface area contributed by atoms with Crippen molar-refractivity contribution < 1.29 is 9.32 Å². The highest BCUT2D eigenvalue weighted by Crippen LogP contribution is 2.24. The predicted octanol–water partition coefficient (Wildman–Crippen LogP) is 4.63. The molecule has 0 radical (unpaired) electrons. The van der Waals surface area contributed by atoms with Gasteiger partial charge in [-0.1, -0.05) is 53.9 Å². The molecule has 134 valence electrons. The van der Waals surface area contributed by atoms with E-state index in [1.54, 1.807) is 18.1 Å². The molecule has 1 amide bonds. The number of nitrogens with one attached hydrogen (secondary N) is 1. The van der Waals surface area contributed by atoms with Crippen molar-refractivity contribution in [3.63, 3.8) is 0 Å². The van der Waals surface area contributed by atoms with Crippen molar-refractivity contribution in [1.29, 1.82) is 0 Å². The second kappa shape index (κ2) is 9.21. The molecule has 4 heteroatoms. The Kier molecular flexibility index (Phi) is 6.99. The van der Waals surface area contributed by atoms with Crippen molar-refractivity contribution in [1.82, 2.24) is 10.5 Å². The molecule has 4 nitrogen and oxygen atoms in total. The molecule has 3 rings (SSSR count). The normalized spacial score (nSPS) is 13.0. The number of hydrogen-bond acceptors (Lipinski definition) is 3. The molecule has 1 aromatic heterocycles. The Morgan fingerprint density at radius 3 is 2.20 bits per heavy atom. The third-order valence-corrected chi connectivity index (χ3v) is 4.57. The molecular weight excluding hydrogens is 312 g/mol. The highest BCUT2D eigenvalue weighted by molar-refractivity contribution is 5.94. The second-order valence-corrected chi connectivity index (χ2v) is 6.59. The van der Waals surface area contributed by atoms with E-state index >= 15 is 0 Å². The lowest BCUT2D eigenvalue weighted by Crippen LogP contribution is -2.24. The summed E-state index contributed by atoms with van der Waals surface area (Å²) in [5.41, 5.74) is 6.65. The monoisotopic (exact) mass is 340 g/mol. The van der Waals surface area contributed by atoms with Crippen LogP contribution < -0.4 is 5.32 Å². The van der Waals surface area contributed by atoms with Crippen molar-refractivity contribution in [2.45, 2.75) is 53.4 Å². The number of benzene rings is 1. The Bertz CT molecular complexity index is 711. The average Bonchev–Trinajstić information content (AvgIpc) is 3.03. The zero-order chi connectivity index (χ0) is 18.2. The molecule has 1 aliphatic rings. The molecule has 1 N–H and O–H groups in total. The van der Waals surface area contributed by atoms with Crippen molar-refractivity contribution >= 4 is 5.91 Å². The molecule has 25 heavy (non-hydrogen) atoms. The second-order valence-electron chi connectivity index (χ2n) is 6.59. The fourth-order valence-corrected chi connectivity index (χ4v) is 2.77. The minimum atomic E-state index is -0.104. The first-order valence-corrected chi connectivity index (χ1v) is 8.94. The first-order chi connectivity index (χ1) is 12.0. The van der Waals surface area contributed by atoms with Crippen LogP contribution in [0, 0.1) is 6.92 Å². The van der Waals surface area contributed by atoms with Gasteiger partial charge < -0.3 is 9.84 Å². The number of rotatable bonds is 4. The van der Waals surface area contributed by atoms with E-state index in [4.69, 9.17) is 4.52 Å². The average molecular weight is 340 g/mol. The number of nitrogens with zero attached hydrogens (tertiary/aromatic N) is 1. The van der Waals surface area contributed by atoms with Gasteiger partial charge in [0.2, 0.25) is 0 Å². The Labute approximate surface area is 150 Å². The van der Waals surface area contributed by atoms with E-state index < -0.39 is 0 Å². The predicted molar refractivity (Wildman–Crippen MR) is 101 cm³/mol. The highest BCUT2D eigenvalue weighted by Gasteiger charge is 2.11. The zero-order valence-corrected chi connectivity index (χ0v) is 15.7. The summed E-state index contributed by atoms with van der Waals surface area (Å²) in [6.07, 6.45) is 5.82. The number of allylic oxidation sites excluding steroid dienone is 2. The van der Waals surface area contributed by atoms with Gasteiger partial charge >= 0.3 is 0 Å². The maximum absolute atomic E-state index is 11.4. The van der Waals surface area contributed by atoms with Gasteiger partial charge in [0.15, 0.2) is 0 Å². The van der Waals surface area contributed by atoms with E-state index in [1.807, 2.05) is 0 Å². The zero-order valence-electron chi connectivity index (χ0n) is 15.7. The van der Waals surface area contributed by atoms with Gasteiger partial charge in [-0.25, -0.2) is 0 Å². The number of aromatic nitrogens is 1. The molecule has 0 saturated carbocycles. The molecule has 0 spiro atoms. The van der Waals surface area contributed by atoms with Crippen LogP contribution in [-0.2, 0) is 12.8 Å². The Balaban J connectivity index is 0.000000181. The highest BCUT2D eigenvalue weighted by atomic mass is 16.5. The standard InChI is InChI=1S/C12H14.C9H14N2O2/c1-9-7-11-5-3-4-6-12(11)8-10(9)2;1-3-4-5-10-9(12)8-6-11-13-7(8)2/h3-6H,7-8H2,1-2H3;6H,3-5H2,1-2H3,(H,10,12). The molecule has 2 aromatic rings. The van der Waals surface area contributed by atoms with E-state index in [0.29, 0.717) is 17.9 Å². The van der Waals surface area contributed by atoms with Gasteiger partial charge in [0, 0.05) is 6.54 Å². The fraction of sp³-hybridized carbons (Fsp3) is 0.429. The first-order valence-electron chi connectivity index (χ1n) is 8.94. The van der Waals surface area contributed by atoms with Crippen LogP contribution in [0.25, 0.3) is 0 Å². The topological polar surface area (TPSA) is 55.1 Å². The number of carbonyl (C=O) groups excluding carboxylic acids is 1. The Morgan fingerprint density at radius 2 is 1.72 bits per heavy atom. The molecule has 1 heterocycles. The summed E-state index contributed by atoms with van der Waals surface area (Å²) in [5, 5.41) is 6.32. The summed E-state index contributed by atoms with van der Waals surface area (Å²) in [5.74, 6) is 0.459. The lowest BCUT2D eigenvalue weighted by Gasteiger charge is -2.18. The number of carbonyl (C=O) groups is 1. The molecule has 0 unspecified atom stereocenters. The van der Waals surface area contributed by atoms with Crippen molar-refractivity contribution in [3.8, 4) is 0 Å². The van der Waals surface area contributed by atoms with Crippen molar-refractivity contribution in [3.05, 3.63) is 64.1 Å². The number of hydrogen-bond donors (Lipinski definition) is 1. The van der Waals surface area contributed by atoms with Crippen LogP contribution >= 0.6 is 0 Å². The molecular formula is C21H28N2O2. The van der Waals surface area contributed by atoms with E-state index in [9.17, 15) is 4.79 Å². The van der Waals surface area contributed by atoms with Crippen molar-refractivity contribution in [2.24, 2.45) is 0 Å². The largest absolute Gasteiger partial charge is 0.361 e. The molecule has 1 aliphatic carbocycles. The SMILES string of the molecule is CC1=C(C)Cc2ccccc2C1.CCCCNC(=O)c1cnoc1C. The first kappa shape index (κ1) is 19.0. The van der Waals surface area contributed by atoms with E-state index in [-0.39, 0.29) is 5.91 Å². The summed E-state index contributed by atoms with van der Waals surface area (Å²) in [6, 6.07) is 8.75. The lowest BCUT2D eigenvalue weighted by atomic mass is 9.88.